The van der Waals surface area contributed by atoms with Gasteiger partial charge in [0.25, 0.3) is 5.56 Å². The third kappa shape index (κ3) is 2.16. The monoisotopic (exact) mass is 272 g/mol. The summed E-state index contributed by atoms with van der Waals surface area (Å²) < 4.78 is 15.9. The number of fused-ring (bicyclic) bond motifs is 1. The second-order valence-corrected chi connectivity index (χ2v) is 5.18. The molecule has 1 heterocycles. The molecule has 0 unspecified atom stereocenters. The quantitative estimate of drug-likeness (QED) is 0.928. The molecule has 0 spiro atoms. The number of halogens is 1. The van der Waals surface area contributed by atoms with Gasteiger partial charge in [0, 0.05) is 29.4 Å². The van der Waals surface area contributed by atoms with E-state index in [0.29, 0.717) is 11.1 Å². The molecule has 0 aliphatic heterocycles. The number of aryl methyl sites for hydroxylation is 1. The van der Waals surface area contributed by atoms with Crippen LogP contribution in [0.3, 0.4) is 0 Å². The van der Waals surface area contributed by atoms with Gasteiger partial charge in [-0.15, -0.1) is 0 Å². The Morgan fingerprint density at radius 2 is 1.95 bits per heavy atom. The van der Waals surface area contributed by atoms with Crippen LogP contribution in [0.2, 0.25) is 0 Å². The zero-order valence-electron chi connectivity index (χ0n) is 11.2. The molecular formula is C16H17FN2O. The maximum Gasteiger partial charge on any atom is 0.251 e. The molecule has 2 N–H and O–H groups in total. The Bertz CT molecular complexity index is 706. The van der Waals surface area contributed by atoms with E-state index < -0.39 is 0 Å². The summed E-state index contributed by atoms with van der Waals surface area (Å²) in [7, 11) is 0. The number of benzene rings is 1. The summed E-state index contributed by atoms with van der Waals surface area (Å²) in [5.41, 5.74) is 8.73. The lowest BCUT2D eigenvalue weighted by molar-refractivity contribution is 0.577. The van der Waals surface area contributed by atoms with Gasteiger partial charge >= 0.3 is 0 Å². The van der Waals surface area contributed by atoms with Crippen molar-refractivity contribution in [2.24, 2.45) is 5.73 Å². The summed E-state index contributed by atoms with van der Waals surface area (Å²) >= 11 is 0. The normalized spacial score (nSPS) is 13.5. The molecule has 2 aromatic rings. The maximum absolute atomic E-state index is 14.2. The molecule has 0 saturated heterocycles. The lowest BCUT2D eigenvalue weighted by Gasteiger charge is -2.13. The van der Waals surface area contributed by atoms with Gasteiger partial charge in [0.2, 0.25) is 0 Å². The number of nitrogens with zero attached hydrogens (tertiary/aromatic N) is 1. The minimum atomic E-state index is -0.294. The summed E-state index contributed by atoms with van der Waals surface area (Å²) in [6, 6.07) is 8.66. The molecule has 1 aliphatic carbocycles. The van der Waals surface area contributed by atoms with Gasteiger partial charge < -0.3 is 10.3 Å². The summed E-state index contributed by atoms with van der Waals surface area (Å²) in [5, 5.41) is 0. The zero-order chi connectivity index (χ0) is 14.1. The zero-order valence-corrected chi connectivity index (χ0v) is 11.2. The highest BCUT2D eigenvalue weighted by atomic mass is 19.1. The summed E-state index contributed by atoms with van der Waals surface area (Å²) in [6.07, 6.45) is 2.95. The van der Waals surface area contributed by atoms with E-state index in [4.69, 9.17) is 5.73 Å². The SMILES string of the molecule is NCc1cccc(Cn2c3c(ccc2=O)CCC3)c1F. The maximum atomic E-state index is 14.2. The van der Waals surface area contributed by atoms with Crippen molar-refractivity contribution in [3.8, 4) is 0 Å². The molecule has 0 fully saturated rings. The molecule has 20 heavy (non-hydrogen) atoms. The first-order valence-corrected chi connectivity index (χ1v) is 6.88. The molecule has 3 nitrogen and oxygen atoms in total. The van der Waals surface area contributed by atoms with Crippen LogP contribution in [-0.4, -0.2) is 4.57 Å². The van der Waals surface area contributed by atoms with E-state index in [1.165, 1.54) is 5.56 Å². The van der Waals surface area contributed by atoms with Crippen LogP contribution in [0.1, 0.15) is 28.8 Å². The Labute approximate surface area is 116 Å². The lowest BCUT2D eigenvalue weighted by Crippen LogP contribution is -2.24. The van der Waals surface area contributed by atoms with Gasteiger partial charge in [-0.1, -0.05) is 24.3 Å². The van der Waals surface area contributed by atoms with Crippen molar-refractivity contribution in [1.82, 2.24) is 4.57 Å². The van der Waals surface area contributed by atoms with Crippen molar-refractivity contribution in [3.05, 3.63) is 68.9 Å². The van der Waals surface area contributed by atoms with Crippen molar-refractivity contribution >= 4 is 0 Å². The number of rotatable bonds is 3. The minimum absolute atomic E-state index is 0.0665. The van der Waals surface area contributed by atoms with Gasteiger partial charge in [-0.25, -0.2) is 4.39 Å². The molecule has 104 valence electrons. The number of hydrogen-bond donors (Lipinski definition) is 1. The molecule has 0 radical (unpaired) electrons. The fourth-order valence-electron chi connectivity index (χ4n) is 2.89. The Morgan fingerprint density at radius 3 is 2.75 bits per heavy atom. The number of pyridine rings is 1. The van der Waals surface area contributed by atoms with Crippen molar-refractivity contribution < 1.29 is 4.39 Å². The molecule has 3 rings (SSSR count). The van der Waals surface area contributed by atoms with Gasteiger partial charge in [0.1, 0.15) is 5.82 Å². The topological polar surface area (TPSA) is 48.0 Å². The minimum Gasteiger partial charge on any atom is -0.326 e. The first-order chi connectivity index (χ1) is 9.70. The van der Waals surface area contributed by atoms with E-state index in [2.05, 4.69) is 0 Å². The van der Waals surface area contributed by atoms with E-state index in [1.54, 1.807) is 28.8 Å². The Balaban J connectivity index is 2.05. The first-order valence-electron chi connectivity index (χ1n) is 6.88. The molecule has 1 aromatic heterocycles. The largest absolute Gasteiger partial charge is 0.326 e. The average Bonchev–Trinajstić information content (AvgIpc) is 2.92. The fourth-order valence-corrected chi connectivity index (χ4v) is 2.89. The lowest BCUT2D eigenvalue weighted by atomic mass is 10.1. The predicted molar refractivity (Wildman–Crippen MR) is 76.1 cm³/mol. The number of hydrogen-bond acceptors (Lipinski definition) is 2. The van der Waals surface area contributed by atoms with Crippen LogP contribution in [0, 0.1) is 5.82 Å². The predicted octanol–water partition coefficient (Wildman–Crippen LogP) is 1.98. The Hall–Kier alpha value is -1.94. The van der Waals surface area contributed by atoms with Crippen molar-refractivity contribution in [3.63, 3.8) is 0 Å². The Morgan fingerprint density at radius 1 is 1.15 bits per heavy atom. The summed E-state index contributed by atoms with van der Waals surface area (Å²) in [6.45, 7) is 0.448. The van der Waals surface area contributed by atoms with E-state index in [1.807, 2.05) is 6.07 Å². The third-order valence-electron chi connectivity index (χ3n) is 3.96. The summed E-state index contributed by atoms with van der Waals surface area (Å²) in [5.74, 6) is -0.294. The molecule has 4 heteroatoms. The van der Waals surface area contributed by atoms with Crippen LogP contribution in [-0.2, 0) is 25.9 Å². The third-order valence-corrected chi connectivity index (χ3v) is 3.96. The van der Waals surface area contributed by atoms with Gasteiger partial charge in [-0.2, -0.15) is 0 Å². The average molecular weight is 272 g/mol. The van der Waals surface area contributed by atoms with Gasteiger partial charge in [-0.05, 0) is 24.8 Å². The van der Waals surface area contributed by atoms with Crippen LogP contribution >= 0.6 is 0 Å². The highest BCUT2D eigenvalue weighted by Crippen LogP contribution is 2.21. The molecular weight excluding hydrogens is 255 g/mol. The second-order valence-electron chi connectivity index (χ2n) is 5.18. The summed E-state index contributed by atoms with van der Waals surface area (Å²) in [4.78, 5) is 12.1. The van der Waals surface area contributed by atoms with Crippen LogP contribution in [0.4, 0.5) is 4.39 Å². The fraction of sp³-hybridized carbons (Fsp3) is 0.312. The smallest absolute Gasteiger partial charge is 0.251 e. The van der Waals surface area contributed by atoms with Gasteiger partial charge in [0.05, 0.1) is 6.54 Å². The van der Waals surface area contributed by atoms with E-state index in [0.717, 1.165) is 25.0 Å². The van der Waals surface area contributed by atoms with Crippen LogP contribution in [0.15, 0.2) is 35.1 Å². The van der Waals surface area contributed by atoms with E-state index in [9.17, 15) is 9.18 Å². The van der Waals surface area contributed by atoms with Crippen LogP contribution in [0.25, 0.3) is 0 Å². The highest BCUT2D eigenvalue weighted by Gasteiger charge is 2.17. The molecule has 0 saturated carbocycles. The van der Waals surface area contributed by atoms with Gasteiger partial charge in [-0.3, -0.25) is 4.79 Å². The molecule has 0 amide bonds. The van der Waals surface area contributed by atoms with Gasteiger partial charge in [0.15, 0.2) is 0 Å². The molecule has 1 aliphatic rings. The molecule has 0 bridgehead atoms. The molecule has 0 atom stereocenters. The van der Waals surface area contributed by atoms with Crippen LogP contribution < -0.4 is 11.3 Å². The highest BCUT2D eigenvalue weighted by molar-refractivity contribution is 5.30. The van der Waals surface area contributed by atoms with Crippen LogP contribution in [0.5, 0.6) is 0 Å². The number of nitrogens with two attached hydrogens (primary N) is 1. The van der Waals surface area contributed by atoms with Crippen molar-refractivity contribution in [2.45, 2.75) is 32.4 Å². The van der Waals surface area contributed by atoms with E-state index in [-0.39, 0.29) is 24.5 Å². The molecule has 1 aromatic carbocycles. The number of aromatic nitrogens is 1. The van der Waals surface area contributed by atoms with E-state index >= 15 is 0 Å². The standard InChI is InChI=1S/C16H17FN2O/c17-16-12(9-18)4-1-5-13(16)10-19-14-6-2-3-11(14)7-8-15(19)20/h1,4-5,7-8H,2-3,6,9-10,18H2. The van der Waals surface area contributed by atoms with Crippen molar-refractivity contribution in [1.29, 1.82) is 0 Å². The first kappa shape index (κ1) is 13.1. The van der Waals surface area contributed by atoms with Crippen molar-refractivity contribution in [2.75, 3.05) is 0 Å². The Kier molecular flexibility index (Phi) is 3.40. The second kappa shape index (κ2) is 5.21.